The second-order valence-electron chi connectivity index (χ2n) is 5.51. The highest BCUT2D eigenvalue weighted by atomic mass is 127. The molecule has 0 fully saturated rings. The second-order valence-corrected chi connectivity index (χ2v) is 5.51. The fourth-order valence-corrected chi connectivity index (χ4v) is 2.40. The van der Waals surface area contributed by atoms with Gasteiger partial charge in [0.15, 0.2) is 17.5 Å². The summed E-state index contributed by atoms with van der Waals surface area (Å²) < 4.78 is 16.1. The topological polar surface area (TPSA) is 80.9 Å². The average Bonchev–Trinajstić information content (AvgIpc) is 3.16. The predicted molar refractivity (Wildman–Crippen MR) is 117 cm³/mol. The van der Waals surface area contributed by atoms with Crippen molar-refractivity contribution in [3.05, 3.63) is 41.8 Å². The van der Waals surface area contributed by atoms with Gasteiger partial charge < -0.3 is 24.6 Å². The Labute approximate surface area is 177 Å². The maximum absolute atomic E-state index is 5.68. The Morgan fingerprint density at radius 2 is 1.85 bits per heavy atom. The van der Waals surface area contributed by atoms with E-state index in [9.17, 15) is 0 Å². The number of benzene rings is 1. The zero-order valence-corrected chi connectivity index (χ0v) is 18.5. The number of nitrogens with one attached hydrogen (secondary N) is 2. The van der Waals surface area contributed by atoms with Gasteiger partial charge in [-0.25, -0.2) is 4.99 Å². The van der Waals surface area contributed by atoms with E-state index in [1.54, 1.807) is 6.26 Å². The number of aliphatic imine (C=N–C) groups is 1. The molecule has 1 aromatic carbocycles. The quantitative estimate of drug-likeness (QED) is 0.303. The first kappa shape index (κ1) is 23.1. The van der Waals surface area contributed by atoms with Crippen molar-refractivity contribution in [2.45, 2.75) is 33.7 Å². The van der Waals surface area contributed by atoms with Crippen molar-refractivity contribution in [3.63, 3.8) is 0 Å². The number of nitrogens with zero attached hydrogens (tertiary/aromatic N) is 2. The Hall–Kier alpha value is -1.97. The minimum Gasteiger partial charge on any atom is -0.490 e. The second kappa shape index (κ2) is 13.2. The van der Waals surface area contributed by atoms with Crippen molar-refractivity contribution in [2.24, 2.45) is 4.99 Å². The van der Waals surface area contributed by atoms with Crippen LogP contribution in [0.1, 0.15) is 32.0 Å². The molecule has 0 bridgehead atoms. The summed E-state index contributed by atoms with van der Waals surface area (Å²) in [4.78, 5) is 4.50. The lowest BCUT2D eigenvalue weighted by atomic mass is 10.1. The maximum Gasteiger partial charge on any atom is 0.191 e. The number of halogens is 1. The molecule has 0 saturated heterocycles. The Bertz CT molecular complexity index is 678. The van der Waals surface area contributed by atoms with Gasteiger partial charge in [0, 0.05) is 19.2 Å². The lowest BCUT2D eigenvalue weighted by Crippen LogP contribution is -2.38. The monoisotopic (exact) mass is 488 g/mol. The van der Waals surface area contributed by atoms with Crippen molar-refractivity contribution in [1.29, 1.82) is 0 Å². The first-order valence-corrected chi connectivity index (χ1v) is 9.06. The molecular formula is C19H29IN4O3. The van der Waals surface area contributed by atoms with Crippen molar-refractivity contribution >= 4 is 29.9 Å². The van der Waals surface area contributed by atoms with Gasteiger partial charge in [-0.15, -0.1) is 24.0 Å². The van der Waals surface area contributed by atoms with E-state index in [1.807, 2.05) is 39.0 Å². The molecule has 0 atom stereocenters. The van der Waals surface area contributed by atoms with Gasteiger partial charge in [0.25, 0.3) is 0 Å². The van der Waals surface area contributed by atoms with E-state index in [2.05, 4.69) is 26.8 Å². The average molecular weight is 488 g/mol. The van der Waals surface area contributed by atoms with Crippen molar-refractivity contribution in [1.82, 2.24) is 15.8 Å². The van der Waals surface area contributed by atoms with Crippen LogP contribution in [0, 0.1) is 0 Å². The molecule has 27 heavy (non-hydrogen) atoms. The molecule has 0 spiro atoms. The summed E-state index contributed by atoms with van der Waals surface area (Å²) >= 11 is 0. The van der Waals surface area contributed by atoms with E-state index in [4.69, 9.17) is 14.0 Å². The minimum atomic E-state index is 0. The molecule has 0 aliphatic heterocycles. The Balaban J connectivity index is 0.00000364. The molecule has 7 nitrogen and oxygen atoms in total. The van der Waals surface area contributed by atoms with Crippen LogP contribution in [0.5, 0.6) is 11.5 Å². The molecule has 0 radical (unpaired) electrons. The van der Waals surface area contributed by atoms with Crippen LogP contribution in [0.25, 0.3) is 0 Å². The number of hydrogen-bond acceptors (Lipinski definition) is 5. The highest BCUT2D eigenvalue weighted by Gasteiger charge is 2.06. The molecular weight excluding hydrogens is 459 g/mol. The molecule has 1 aromatic heterocycles. The van der Waals surface area contributed by atoms with Crippen LogP contribution in [0.2, 0.25) is 0 Å². The van der Waals surface area contributed by atoms with Gasteiger partial charge in [-0.3, -0.25) is 0 Å². The molecule has 0 aliphatic carbocycles. The maximum atomic E-state index is 5.68. The third kappa shape index (κ3) is 8.06. The van der Waals surface area contributed by atoms with E-state index in [0.717, 1.165) is 42.7 Å². The third-order valence-electron chi connectivity index (χ3n) is 3.55. The van der Waals surface area contributed by atoms with E-state index in [-0.39, 0.29) is 24.0 Å². The summed E-state index contributed by atoms with van der Waals surface area (Å²) in [6.07, 6.45) is 2.40. The Kier molecular flexibility index (Phi) is 11.3. The first-order valence-electron chi connectivity index (χ1n) is 9.06. The highest BCUT2D eigenvalue weighted by molar-refractivity contribution is 14.0. The highest BCUT2D eigenvalue weighted by Crippen LogP contribution is 2.28. The number of aromatic nitrogens is 1. The standard InChI is InChI=1S/C19H28N4O3.HI/c1-4-20-19(22-14-16-10-12-26-23-16)21-11-9-15-7-8-17(24-5-2)18(13-15)25-6-3;/h7-8,10,12-13H,4-6,9,11,14H2,1-3H3,(H2,20,21,22);1H. The van der Waals surface area contributed by atoms with Gasteiger partial charge in [-0.1, -0.05) is 11.2 Å². The van der Waals surface area contributed by atoms with Crippen LogP contribution in [0.3, 0.4) is 0 Å². The molecule has 2 rings (SSSR count). The van der Waals surface area contributed by atoms with Gasteiger partial charge >= 0.3 is 0 Å². The SMILES string of the molecule is CCNC(=NCc1ccon1)NCCc1ccc(OCC)c(OCC)c1.I. The van der Waals surface area contributed by atoms with E-state index < -0.39 is 0 Å². The van der Waals surface area contributed by atoms with Crippen LogP contribution in [-0.4, -0.2) is 37.4 Å². The van der Waals surface area contributed by atoms with Crippen molar-refractivity contribution in [2.75, 3.05) is 26.3 Å². The van der Waals surface area contributed by atoms with Gasteiger partial charge in [-0.05, 0) is 44.9 Å². The molecule has 150 valence electrons. The Morgan fingerprint density at radius 3 is 2.52 bits per heavy atom. The van der Waals surface area contributed by atoms with E-state index in [0.29, 0.717) is 19.8 Å². The number of hydrogen-bond donors (Lipinski definition) is 2. The molecule has 0 amide bonds. The van der Waals surface area contributed by atoms with Gasteiger partial charge in [0.1, 0.15) is 12.0 Å². The van der Waals surface area contributed by atoms with Gasteiger partial charge in [0.05, 0.1) is 19.8 Å². The predicted octanol–water partition coefficient (Wildman–Crippen LogP) is 3.39. The molecule has 1 heterocycles. The van der Waals surface area contributed by atoms with Crippen LogP contribution in [0.4, 0.5) is 0 Å². The molecule has 0 saturated carbocycles. The van der Waals surface area contributed by atoms with Crippen LogP contribution in [-0.2, 0) is 13.0 Å². The lowest BCUT2D eigenvalue weighted by molar-refractivity contribution is 0.287. The number of ether oxygens (including phenoxy) is 2. The van der Waals surface area contributed by atoms with E-state index >= 15 is 0 Å². The number of rotatable bonds is 10. The smallest absolute Gasteiger partial charge is 0.191 e. The van der Waals surface area contributed by atoms with Crippen LogP contribution in [0.15, 0.2) is 40.0 Å². The molecule has 0 aliphatic rings. The normalized spacial score (nSPS) is 10.9. The Morgan fingerprint density at radius 1 is 1.07 bits per heavy atom. The molecule has 2 N–H and O–H groups in total. The fourth-order valence-electron chi connectivity index (χ4n) is 2.40. The summed E-state index contributed by atoms with van der Waals surface area (Å²) in [5.74, 6) is 2.33. The zero-order valence-electron chi connectivity index (χ0n) is 16.2. The van der Waals surface area contributed by atoms with Crippen molar-refractivity contribution < 1.29 is 14.0 Å². The number of guanidine groups is 1. The first-order chi connectivity index (χ1) is 12.8. The minimum absolute atomic E-state index is 0. The lowest BCUT2D eigenvalue weighted by Gasteiger charge is -2.14. The fraction of sp³-hybridized carbons (Fsp3) is 0.474. The van der Waals surface area contributed by atoms with Gasteiger partial charge in [-0.2, -0.15) is 0 Å². The summed E-state index contributed by atoms with van der Waals surface area (Å²) in [7, 11) is 0. The zero-order chi connectivity index (χ0) is 18.6. The van der Waals surface area contributed by atoms with Crippen LogP contribution < -0.4 is 20.1 Å². The molecule has 2 aromatic rings. The summed E-state index contributed by atoms with van der Waals surface area (Å²) in [6, 6.07) is 7.88. The largest absolute Gasteiger partial charge is 0.490 e. The third-order valence-corrected chi connectivity index (χ3v) is 3.55. The summed E-state index contributed by atoms with van der Waals surface area (Å²) in [5.41, 5.74) is 1.98. The summed E-state index contributed by atoms with van der Waals surface area (Å²) in [5, 5.41) is 10.4. The van der Waals surface area contributed by atoms with Crippen LogP contribution >= 0.6 is 24.0 Å². The van der Waals surface area contributed by atoms with E-state index in [1.165, 1.54) is 5.56 Å². The molecule has 8 heteroatoms. The molecule has 0 unspecified atom stereocenters. The summed E-state index contributed by atoms with van der Waals surface area (Å²) in [6.45, 7) is 9.23. The van der Waals surface area contributed by atoms with Crippen molar-refractivity contribution in [3.8, 4) is 11.5 Å². The van der Waals surface area contributed by atoms with Gasteiger partial charge in [0.2, 0.25) is 0 Å².